The van der Waals surface area contributed by atoms with Gasteiger partial charge in [0.2, 0.25) is 0 Å². The second kappa shape index (κ2) is 7.76. The zero-order valence-electron chi connectivity index (χ0n) is 11.7. The van der Waals surface area contributed by atoms with Gasteiger partial charge in [-0.3, -0.25) is 0 Å². The Bertz CT molecular complexity index is 611. The van der Waals surface area contributed by atoms with Crippen molar-refractivity contribution in [2.45, 2.75) is 6.92 Å². The van der Waals surface area contributed by atoms with Crippen LogP contribution < -0.4 is 10.3 Å². The summed E-state index contributed by atoms with van der Waals surface area (Å²) in [5.74, 6) is 0. The molecule has 0 unspecified atom stereocenters. The molecule has 0 aliphatic heterocycles. The van der Waals surface area contributed by atoms with Crippen LogP contribution in [-0.2, 0) is 0 Å². The van der Waals surface area contributed by atoms with Gasteiger partial charge in [0.25, 0.3) is 0 Å². The van der Waals surface area contributed by atoms with Crippen LogP contribution in [0.5, 0.6) is 0 Å². The molecule has 1 N–H and O–H groups in total. The van der Waals surface area contributed by atoms with Crippen LogP contribution in [0.2, 0.25) is 5.02 Å². The minimum atomic E-state index is 0.564. The Labute approximate surface area is 135 Å². The van der Waals surface area contributed by atoms with E-state index in [1.807, 2.05) is 61.5 Å². The highest BCUT2D eigenvalue weighted by atomic mass is 35.5. The third-order valence-corrected chi connectivity index (χ3v) is 3.28. The van der Waals surface area contributed by atoms with Crippen molar-refractivity contribution in [1.29, 1.82) is 0 Å². The Morgan fingerprint density at radius 1 is 1.19 bits per heavy atom. The topological polar surface area (TPSA) is 27.6 Å². The van der Waals surface area contributed by atoms with Crippen molar-refractivity contribution in [3.05, 3.63) is 65.2 Å². The van der Waals surface area contributed by atoms with Gasteiger partial charge in [0, 0.05) is 11.6 Å². The maximum Gasteiger partial charge on any atom is 0.194 e. The fraction of sp³-hybridized carbons (Fsp3) is 0.125. The minimum absolute atomic E-state index is 0.564. The van der Waals surface area contributed by atoms with Gasteiger partial charge < -0.3 is 5.32 Å². The standard InChI is InChI=1S/C16H16ClN3S/c1-2-18-16(21)20(15-6-4-3-5-7-15)19-12-13-8-10-14(17)11-9-13/h3-12H,2H2,1H3,(H,18,21)/b19-12+. The lowest BCUT2D eigenvalue weighted by Crippen LogP contribution is -2.36. The average molecular weight is 318 g/mol. The van der Waals surface area contributed by atoms with E-state index in [0.717, 1.165) is 17.8 Å². The molecular formula is C16H16ClN3S. The van der Waals surface area contributed by atoms with Gasteiger partial charge in [0.15, 0.2) is 5.11 Å². The van der Waals surface area contributed by atoms with E-state index in [-0.39, 0.29) is 0 Å². The Morgan fingerprint density at radius 2 is 1.86 bits per heavy atom. The highest BCUT2D eigenvalue weighted by molar-refractivity contribution is 7.80. The molecule has 2 rings (SSSR count). The summed E-state index contributed by atoms with van der Waals surface area (Å²) in [6.45, 7) is 2.75. The molecule has 0 fully saturated rings. The van der Waals surface area contributed by atoms with Gasteiger partial charge in [-0.1, -0.05) is 41.9 Å². The third-order valence-electron chi connectivity index (χ3n) is 2.71. The Hall–Kier alpha value is -1.91. The largest absolute Gasteiger partial charge is 0.361 e. The van der Waals surface area contributed by atoms with E-state index in [0.29, 0.717) is 10.1 Å². The van der Waals surface area contributed by atoms with E-state index < -0.39 is 0 Å². The van der Waals surface area contributed by atoms with E-state index in [2.05, 4.69) is 10.4 Å². The van der Waals surface area contributed by atoms with Crippen LogP contribution >= 0.6 is 23.8 Å². The lowest BCUT2D eigenvalue weighted by molar-refractivity contribution is 0.941. The molecule has 0 aromatic heterocycles. The third kappa shape index (κ3) is 4.55. The van der Waals surface area contributed by atoms with Crippen LogP contribution in [0.3, 0.4) is 0 Å². The van der Waals surface area contributed by atoms with Crippen molar-refractivity contribution < 1.29 is 0 Å². The molecule has 0 radical (unpaired) electrons. The predicted molar refractivity (Wildman–Crippen MR) is 94.2 cm³/mol. The van der Waals surface area contributed by atoms with Gasteiger partial charge in [-0.25, -0.2) is 5.01 Å². The first-order chi connectivity index (χ1) is 10.2. The lowest BCUT2D eigenvalue weighted by atomic mass is 10.2. The van der Waals surface area contributed by atoms with E-state index >= 15 is 0 Å². The first kappa shape index (κ1) is 15.5. The minimum Gasteiger partial charge on any atom is -0.361 e. The van der Waals surface area contributed by atoms with Crippen molar-refractivity contribution in [3.8, 4) is 0 Å². The first-order valence-corrected chi connectivity index (χ1v) is 7.42. The van der Waals surface area contributed by atoms with Crippen LogP contribution in [0.25, 0.3) is 0 Å². The van der Waals surface area contributed by atoms with Crippen LogP contribution in [0.1, 0.15) is 12.5 Å². The van der Waals surface area contributed by atoms with Crippen LogP contribution in [0, 0.1) is 0 Å². The van der Waals surface area contributed by atoms with Crippen molar-refractivity contribution >= 4 is 40.8 Å². The molecule has 2 aromatic rings. The fourth-order valence-electron chi connectivity index (χ4n) is 1.70. The monoisotopic (exact) mass is 317 g/mol. The van der Waals surface area contributed by atoms with Crippen molar-refractivity contribution in [1.82, 2.24) is 5.32 Å². The summed E-state index contributed by atoms with van der Waals surface area (Å²) >= 11 is 11.2. The Morgan fingerprint density at radius 3 is 2.48 bits per heavy atom. The smallest absolute Gasteiger partial charge is 0.194 e. The molecule has 0 amide bonds. The summed E-state index contributed by atoms with van der Waals surface area (Å²) in [4.78, 5) is 0. The summed E-state index contributed by atoms with van der Waals surface area (Å²) in [6.07, 6.45) is 1.76. The highest BCUT2D eigenvalue weighted by Gasteiger charge is 2.09. The molecule has 0 aliphatic rings. The summed E-state index contributed by atoms with van der Waals surface area (Å²) in [5, 5.41) is 10.6. The van der Waals surface area contributed by atoms with Crippen molar-refractivity contribution in [2.75, 3.05) is 11.6 Å². The number of benzene rings is 2. The molecular weight excluding hydrogens is 302 g/mol. The van der Waals surface area contributed by atoms with Crippen LogP contribution in [0.4, 0.5) is 5.69 Å². The van der Waals surface area contributed by atoms with E-state index in [1.54, 1.807) is 11.2 Å². The molecule has 0 bridgehead atoms. The molecule has 0 spiro atoms. The second-order valence-electron chi connectivity index (χ2n) is 4.28. The summed E-state index contributed by atoms with van der Waals surface area (Å²) < 4.78 is 0. The maximum absolute atomic E-state index is 5.88. The molecule has 21 heavy (non-hydrogen) atoms. The zero-order valence-corrected chi connectivity index (χ0v) is 13.2. The van der Waals surface area contributed by atoms with Gasteiger partial charge in [-0.05, 0) is 49.0 Å². The quantitative estimate of drug-likeness (QED) is 0.523. The Kier molecular flexibility index (Phi) is 5.72. The van der Waals surface area contributed by atoms with Crippen molar-refractivity contribution in [2.24, 2.45) is 5.10 Å². The van der Waals surface area contributed by atoms with E-state index in [1.165, 1.54) is 0 Å². The molecule has 0 saturated heterocycles. The van der Waals surface area contributed by atoms with Gasteiger partial charge in [-0.15, -0.1) is 0 Å². The molecule has 0 heterocycles. The number of hydrazone groups is 1. The Balaban J connectivity index is 2.23. The highest BCUT2D eigenvalue weighted by Crippen LogP contribution is 2.14. The van der Waals surface area contributed by atoms with Gasteiger partial charge in [0.1, 0.15) is 0 Å². The van der Waals surface area contributed by atoms with E-state index in [9.17, 15) is 0 Å². The normalized spacial score (nSPS) is 10.6. The summed E-state index contributed by atoms with van der Waals surface area (Å²) in [5.41, 5.74) is 1.87. The predicted octanol–water partition coefficient (Wildman–Crippen LogP) is 4.07. The molecule has 5 heteroatoms. The molecule has 0 aliphatic carbocycles. The van der Waals surface area contributed by atoms with Crippen LogP contribution in [-0.4, -0.2) is 17.9 Å². The fourth-order valence-corrected chi connectivity index (χ4v) is 2.13. The van der Waals surface area contributed by atoms with Gasteiger partial charge in [0.05, 0.1) is 11.9 Å². The number of hydrogen-bond donors (Lipinski definition) is 1. The molecule has 0 atom stereocenters. The SMILES string of the molecule is CCNC(=S)N(/N=C/c1ccc(Cl)cc1)c1ccccc1. The van der Waals surface area contributed by atoms with Crippen LogP contribution in [0.15, 0.2) is 59.7 Å². The van der Waals surface area contributed by atoms with Gasteiger partial charge >= 0.3 is 0 Å². The van der Waals surface area contributed by atoms with E-state index in [4.69, 9.17) is 23.8 Å². The molecule has 108 valence electrons. The number of rotatable bonds is 4. The van der Waals surface area contributed by atoms with Gasteiger partial charge in [-0.2, -0.15) is 5.10 Å². The number of nitrogens with zero attached hydrogens (tertiary/aromatic N) is 2. The summed E-state index contributed by atoms with van der Waals surface area (Å²) in [7, 11) is 0. The summed E-state index contributed by atoms with van der Waals surface area (Å²) in [6, 6.07) is 17.3. The number of para-hydroxylation sites is 1. The number of nitrogens with one attached hydrogen (secondary N) is 1. The maximum atomic E-state index is 5.88. The number of hydrogen-bond acceptors (Lipinski definition) is 2. The second-order valence-corrected chi connectivity index (χ2v) is 5.10. The molecule has 3 nitrogen and oxygen atoms in total. The zero-order chi connectivity index (χ0) is 15.1. The lowest BCUT2D eigenvalue weighted by Gasteiger charge is -2.20. The molecule has 2 aromatic carbocycles. The van der Waals surface area contributed by atoms with Crippen molar-refractivity contribution in [3.63, 3.8) is 0 Å². The molecule has 0 saturated carbocycles. The number of anilines is 1. The number of halogens is 1. The average Bonchev–Trinajstić information content (AvgIpc) is 2.51. The number of thiocarbonyl (C=S) groups is 1. The first-order valence-electron chi connectivity index (χ1n) is 6.63.